The van der Waals surface area contributed by atoms with Gasteiger partial charge in [-0.15, -0.1) is 0 Å². The number of aryl methyl sites for hydroxylation is 1. The predicted molar refractivity (Wildman–Crippen MR) is 112 cm³/mol. The number of rotatable bonds is 5. The van der Waals surface area contributed by atoms with Crippen LogP contribution in [0.2, 0.25) is 0 Å². The average Bonchev–Trinajstić information content (AvgIpc) is 2.96. The van der Waals surface area contributed by atoms with E-state index in [1.165, 1.54) is 11.1 Å². The number of aromatic amines is 1. The van der Waals surface area contributed by atoms with Crippen LogP contribution in [-0.4, -0.2) is 52.7 Å². The number of amides is 1. The number of hydrogen-bond donors (Lipinski definition) is 1. The number of aromatic nitrogens is 1. The first kappa shape index (κ1) is 20.3. The maximum Gasteiger partial charge on any atom is 0.270 e. The van der Waals surface area contributed by atoms with E-state index in [2.05, 4.69) is 48.0 Å². The number of nitrogens with one attached hydrogen (secondary N) is 1. The predicted octanol–water partition coefficient (Wildman–Crippen LogP) is 3.92. The van der Waals surface area contributed by atoms with Crippen LogP contribution in [0.5, 0.6) is 0 Å². The number of hydrogen-bond acceptors (Lipinski definition) is 3. The fraction of sp³-hybridized carbons (Fsp3) is 0.478. The van der Waals surface area contributed by atoms with Crippen LogP contribution < -0.4 is 0 Å². The number of piperazine rings is 1. The van der Waals surface area contributed by atoms with Gasteiger partial charge in [-0.3, -0.25) is 14.5 Å². The molecular formula is C23H31N3O2. The first-order valence-corrected chi connectivity index (χ1v) is 10.1. The van der Waals surface area contributed by atoms with E-state index in [0.717, 1.165) is 30.9 Å². The number of carbonyl (C=O) groups excluding carboxylic acids is 2. The van der Waals surface area contributed by atoms with Crippen LogP contribution in [-0.2, 0) is 6.54 Å². The number of Topliss-reactive ketones (excluding diaryl/α,β-unsaturated/α-hetero) is 1. The second kappa shape index (κ2) is 8.31. The lowest BCUT2D eigenvalue weighted by Gasteiger charge is -2.34. The average molecular weight is 382 g/mol. The molecule has 1 aliphatic rings. The van der Waals surface area contributed by atoms with E-state index in [1.807, 2.05) is 18.7 Å². The largest absolute Gasteiger partial charge is 0.354 e. The Bertz CT molecular complexity index is 857. The van der Waals surface area contributed by atoms with Crippen molar-refractivity contribution in [2.24, 2.45) is 0 Å². The number of ketones is 1. The highest BCUT2D eigenvalue weighted by molar-refractivity contribution is 6.02. The summed E-state index contributed by atoms with van der Waals surface area (Å²) in [6, 6.07) is 8.84. The third-order valence-corrected chi connectivity index (χ3v) is 5.72. The summed E-state index contributed by atoms with van der Waals surface area (Å²) in [5, 5.41) is 0. The minimum absolute atomic E-state index is 0.00129. The van der Waals surface area contributed by atoms with Crippen LogP contribution in [0.1, 0.15) is 69.9 Å². The van der Waals surface area contributed by atoms with Gasteiger partial charge >= 0.3 is 0 Å². The van der Waals surface area contributed by atoms with Gasteiger partial charge in [0.25, 0.3) is 5.91 Å². The van der Waals surface area contributed by atoms with Crippen molar-refractivity contribution in [2.45, 2.75) is 47.1 Å². The lowest BCUT2D eigenvalue weighted by molar-refractivity contribution is 0.0622. The number of carbonyl (C=O) groups is 2. The molecule has 5 nitrogen and oxygen atoms in total. The van der Waals surface area contributed by atoms with Crippen molar-refractivity contribution in [3.63, 3.8) is 0 Å². The van der Waals surface area contributed by atoms with Gasteiger partial charge in [0.15, 0.2) is 5.78 Å². The maximum atomic E-state index is 12.9. The fourth-order valence-corrected chi connectivity index (χ4v) is 4.03. The normalized spacial score (nSPS) is 15.3. The smallest absolute Gasteiger partial charge is 0.270 e. The van der Waals surface area contributed by atoms with Crippen molar-refractivity contribution in [1.29, 1.82) is 0 Å². The molecule has 1 aromatic carbocycles. The molecule has 1 amide bonds. The zero-order valence-electron chi connectivity index (χ0n) is 17.6. The van der Waals surface area contributed by atoms with Crippen LogP contribution in [0.25, 0.3) is 0 Å². The van der Waals surface area contributed by atoms with E-state index < -0.39 is 0 Å². The molecule has 5 heteroatoms. The summed E-state index contributed by atoms with van der Waals surface area (Å²) >= 11 is 0. The summed E-state index contributed by atoms with van der Waals surface area (Å²) < 4.78 is 0. The molecule has 0 bridgehead atoms. The van der Waals surface area contributed by atoms with Crippen LogP contribution in [0.4, 0.5) is 0 Å². The van der Waals surface area contributed by atoms with Gasteiger partial charge < -0.3 is 9.88 Å². The molecule has 1 N–H and O–H groups in total. The monoisotopic (exact) mass is 381 g/mol. The minimum atomic E-state index is -0.00552. The number of benzene rings is 1. The molecule has 3 rings (SSSR count). The summed E-state index contributed by atoms with van der Waals surface area (Å²) in [7, 11) is 0. The first-order chi connectivity index (χ1) is 13.3. The zero-order chi connectivity index (χ0) is 20.4. The van der Waals surface area contributed by atoms with Crippen LogP contribution in [0, 0.1) is 13.8 Å². The number of nitrogens with zero attached hydrogens (tertiary/aromatic N) is 2. The lowest BCUT2D eigenvalue weighted by atomic mass is 10.0. The highest BCUT2D eigenvalue weighted by Crippen LogP contribution is 2.21. The summed E-state index contributed by atoms with van der Waals surface area (Å²) in [6.45, 7) is 13.7. The van der Waals surface area contributed by atoms with E-state index >= 15 is 0 Å². The Morgan fingerprint density at radius 1 is 1.04 bits per heavy atom. The maximum absolute atomic E-state index is 12.9. The van der Waals surface area contributed by atoms with Crippen molar-refractivity contribution in [3.8, 4) is 0 Å². The van der Waals surface area contributed by atoms with Crippen LogP contribution in [0.3, 0.4) is 0 Å². The van der Waals surface area contributed by atoms with Gasteiger partial charge in [-0.25, -0.2) is 0 Å². The standard InChI is InChI=1S/C23H31N3O2/c1-15(2)20-8-6-19(7-9-20)14-25-10-12-26(13-11-25)23(28)22-16(3)21(18(5)27)17(4)24-22/h6-9,15,24H,10-14H2,1-5H3. The van der Waals surface area contributed by atoms with E-state index in [9.17, 15) is 9.59 Å². The zero-order valence-corrected chi connectivity index (χ0v) is 17.6. The molecule has 1 saturated heterocycles. The lowest BCUT2D eigenvalue weighted by Crippen LogP contribution is -2.48. The minimum Gasteiger partial charge on any atom is -0.354 e. The number of H-pyrrole nitrogens is 1. The molecule has 0 radical (unpaired) electrons. The summed E-state index contributed by atoms with van der Waals surface area (Å²) in [4.78, 5) is 32.2. The molecule has 2 heterocycles. The van der Waals surface area contributed by atoms with Gasteiger partial charge in [-0.2, -0.15) is 0 Å². The highest BCUT2D eigenvalue weighted by atomic mass is 16.2. The SMILES string of the molecule is CC(=O)c1c(C)[nH]c(C(=O)N2CCN(Cc3ccc(C(C)C)cc3)CC2)c1C. The molecule has 150 valence electrons. The van der Waals surface area contributed by atoms with E-state index in [1.54, 1.807) is 6.92 Å². The van der Waals surface area contributed by atoms with Gasteiger partial charge in [-0.1, -0.05) is 38.1 Å². The Hall–Kier alpha value is -2.40. The third-order valence-electron chi connectivity index (χ3n) is 5.72. The molecule has 1 aromatic heterocycles. The van der Waals surface area contributed by atoms with Gasteiger partial charge in [0, 0.05) is 44.0 Å². The van der Waals surface area contributed by atoms with Crippen molar-refractivity contribution in [2.75, 3.05) is 26.2 Å². The highest BCUT2D eigenvalue weighted by Gasteiger charge is 2.26. The van der Waals surface area contributed by atoms with Gasteiger partial charge in [0.1, 0.15) is 5.69 Å². The molecule has 28 heavy (non-hydrogen) atoms. The molecule has 1 fully saturated rings. The Morgan fingerprint density at radius 3 is 2.14 bits per heavy atom. The summed E-state index contributed by atoms with van der Waals surface area (Å²) in [5.74, 6) is 0.542. The molecule has 0 unspecified atom stereocenters. The second-order valence-electron chi connectivity index (χ2n) is 8.15. The quantitative estimate of drug-likeness (QED) is 0.799. The Morgan fingerprint density at radius 2 is 1.64 bits per heavy atom. The van der Waals surface area contributed by atoms with Gasteiger partial charge in [0.2, 0.25) is 0 Å². The molecule has 1 aliphatic heterocycles. The van der Waals surface area contributed by atoms with E-state index in [-0.39, 0.29) is 11.7 Å². The molecule has 2 aromatic rings. The van der Waals surface area contributed by atoms with Gasteiger partial charge in [0.05, 0.1) is 0 Å². The molecular weight excluding hydrogens is 350 g/mol. The first-order valence-electron chi connectivity index (χ1n) is 10.1. The third kappa shape index (κ3) is 4.20. The topological polar surface area (TPSA) is 56.4 Å². The Labute approximate surface area is 167 Å². The Balaban J connectivity index is 1.60. The summed E-state index contributed by atoms with van der Waals surface area (Å²) in [6.07, 6.45) is 0. The molecule has 0 spiro atoms. The van der Waals surface area contributed by atoms with Crippen molar-refractivity contribution >= 4 is 11.7 Å². The van der Waals surface area contributed by atoms with Crippen LogP contribution >= 0.6 is 0 Å². The van der Waals surface area contributed by atoms with Gasteiger partial charge in [-0.05, 0) is 43.4 Å². The van der Waals surface area contributed by atoms with E-state index in [4.69, 9.17) is 0 Å². The molecule has 0 atom stereocenters. The van der Waals surface area contributed by atoms with Crippen LogP contribution in [0.15, 0.2) is 24.3 Å². The van der Waals surface area contributed by atoms with Crippen molar-refractivity contribution in [1.82, 2.24) is 14.8 Å². The van der Waals surface area contributed by atoms with Crippen molar-refractivity contribution < 1.29 is 9.59 Å². The Kier molecular flexibility index (Phi) is 6.04. The summed E-state index contributed by atoms with van der Waals surface area (Å²) in [5.41, 5.74) is 5.42. The fourth-order valence-electron chi connectivity index (χ4n) is 4.03. The molecule has 0 aliphatic carbocycles. The van der Waals surface area contributed by atoms with E-state index in [0.29, 0.717) is 30.3 Å². The molecule has 0 saturated carbocycles. The second-order valence-corrected chi connectivity index (χ2v) is 8.15. The van der Waals surface area contributed by atoms with Crippen molar-refractivity contribution in [3.05, 3.63) is 57.9 Å².